The quantitative estimate of drug-likeness (QED) is 0.471. The molecule has 0 aliphatic heterocycles. The molecule has 0 heterocycles. The number of carbonyl (C=O) groups is 1. The van der Waals surface area contributed by atoms with Gasteiger partial charge in [-0.05, 0) is 24.3 Å². The Hall–Kier alpha value is -1.67. The summed E-state index contributed by atoms with van der Waals surface area (Å²) in [5.74, 6) is -0.0968. The van der Waals surface area contributed by atoms with Gasteiger partial charge in [0.15, 0.2) is 0 Å². The molecule has 1 aromatic carbocycles. The van der Waals surface area contributed by atoms with Crippen LogP contribution >= 0.6 is 0 Å². The van der Waals surface area contributed by atoms with E-state index in [4.69, 9.17) is 19.7 Å². The molecule has 0 aromatic heterocycles. The molecule has 0 saturated carbocycles. The Morgan fingerprint density at radius 1 is 1.15 bits per heavy atom. The fourth-order valence-electron chi connectivity index (χ4n) is 1.43. The van der Waals surface area contributed by atoms with Crippen LogP contribution in [0.1, 0.15) is 10.4 Å². The predicted molar refractivity (Wildman–Crippen MR) is 68.4 cm³/mol. The van der Waals surface area contributed by atoms with Crippen molar-refractivity contribution >= 4 is 5.97 Å². The van der Waals surface area contributed by atoms with Crippen molar-refractivity contribution in [3.05, 3.63) is 29.8 Å². The van der Waals surface area contributed by atoms with Crippen molar-refractivity contribution < 1.29 is 34.7 Å². The molecule has 0 aliphatic rings. The van der Waals surface area contributed by atoms with Gasteiger partial charge in [-0.15, -0.1) is 0 Å². The van der Waals surface area contributed by atoms with Crippen molar-refractivity contribution in [3.63, 3.8) is 0 Å². The molecule has 112 valence electrons. The van der Waals surface area contributed by atoms with E-state index in [1.165, 1.54) is 19.2 Å². The maximum absolute atomic E-state index is 11.6. The third-order valence-electron chi connectivity index (χ3n) is 2.69. The summed E-state index contributed by atoms with van der Waals surface area (Å²) in [4.78, 5) is 11.6. The monoisotopic (exact) mass is 286 g/mol. The van der Waals surface area contributed by atoms with Crippen molar-refractivity contribution in [1.29, 1.82) is 0 Å². The van der Waals surface area contributed by atoms with Crippen LogP contribution in [-0.2, 0) is 4.74 Å². The summed E-state index contributed by atoms with van der Waals surface area (Å²) in [5.41, 5.74) is 0.259. The topological polar surface area (TPSA) is 116 Å². The van der Waals surface area contributed by atoms with E-state index >= 15 is 0 Å². The van der Waals surface area contributed by atoms with Gasteiger partial charge in [0, 0.05) is 0 Å². The normalized spacial score (nSPS) is 15.2. The molecule has 7 heteroatoms. The molecule has 0 spiro atoms. The van der Waals surface area contributed by atoms with Gasteiger partial charge in [-0.1, -0.05) is 0 Å². The van der Waals surface area contributed by atoms with Crippen molar-refractivity contribution in [3.8, 4) is 5.75 Å². The van der Waals surface area contributed by atoms with Gasteiger partial charge in [0.2, 0.25) is 0 Å². The van der Waals surface area contributed by atoms with Gasteiger partial charge < -0.3 is 29.9 Å². The summed E-state index contributed by atoms with van der Waals surface area (Å²) in [7, 11) is 1.50. The Balaban J connectivity index is 2.49. The Morgan fingerprint density at radius 3 is 2.25 bits per heavy atom. The highest BCUT2D eigenvalue weighted by Gasteiger charge is 2.25. The van der Waals surface area contributed by atoms with Crippen LogP contribution in [0.2, 0.25) is 0 Å². The van der Waals surface area contributed by atoms with Gasteiger partial charge in [0.25, 0.3) is 0 Å². The second kappa shape index (κ2) is 7.81. The molecule has 0 saturated heterocycles. The number of benzene rings is 1. The molecule has 1 rings (SSSR count). The zero-order chi connectivity index (χ0) is 15.1. The van der Waals surface area contributed by atoms with E-state index in [9.17, 15) is 15.0 Å². The fraction of sp³-hybridized carbons (Fsp3) is 0.462. The maximum atomic E-state index is 11.6. The molecule has 0 aliphatic carbocycles. The molecule has 20 heavy (non-hydrogen) atoms. The van der Waals surface area contributed by atoms with Gasteiger partial charge in [-0.25, -0.2) is 4.79 Å². The Labute approximate surface area is 116 Å². The number of ether oxygens (including phenoxy) is 2. The Kier molecular flexibility index (Phi) is 6.40. The van der Waals surface area contributed by atoms with Crippen molar-refractivity contribution in [1.82, 2.24) is 0 Å². The van der Waals surface area contributed by atoms with Crippen LogP contribution in [0, 0.1) is 0 Å². The van der Waals surface area contributed by atoms with E-state index in [0.717, 1.165) is 0 Å². The van der Waals surface area contributed by atoms with Crippen LogP contribution < -0.4 is 4.74 Å². The predicted octanol–water partition coefficient (Wildman–Crippen LogP) is -1.07. The van der Waals surface area contributed by atoms with Gasteiger partial charge in [-0.2, -0.15) is 0 Å². The zero-order valence-electron chi connectivity index (χ0n) is 11.0. The minimum Gasteiger partial charge on any atom is -0.497 e. The average Bonchev–Trinajstić information content (AvgIpc) is 2.50. The Bertz CT molecular complexity index is 417. The molecule has 3 atom stereocenters. The smallest absolute Gasteiger partial charge is 0.338 e. The summed E-state index contributed by atoms with van der Waals surface area (Å²) < 4.78 is 9.74. The molecule has 1 aromatic rings. The van der Waals surface area contributed by atoms with Crippen LogP contribution in [0.25, 0.3) is 0 Å². The van der Waals surface area contributed by atoms with Crippen LogP contribution in [0.5, 0.6) is 5.75 Å². The van der Waals surface area contributed by atoms with Gasteiger partial charge in [0.1, 0.15) is 30.7 Å². The van der Waals surface area contributed by atoms with Crippen LogP contribution in [0.4, 0.5) is 0 Å². The van der Waals surface area contributed by atoms with Crippen LogP contribution in [0.3, 0.4) is 0 Å². The molecule has 0 amide bonds. The zero-order valence-corrected chi connectivity index (χ0v) is 11.0. The Morgan fingerprint density at radius 2 is 1.75 bits per heavy atom. The molecular weight excluding hydrogens is 268 g/mol. The number of carbonyl (C=O) groups excluding carboxylic acids is 1. The second-order valence-corrected chi connectivity index (χ2v) is 4.13. The second-order valence-electron chi connectivity index (χ2n) is 4.13. The number of aliphatic hydroxyl groups excluding tert-OH is 4. The first-order valence-corrected chi connectivity index (χ1v) is 5.95. The fourth-order valence-corrected chi connectivity index (χ4v) is 1.43. The standard InChI is InChI=1S/C13H18O7/c1-19-9-4-2-8(3-5-9)13(18)20-7-11(16)12(17)10(15)6-14/h2-5,10-12,14-17H,6-7H2,1H3. The average molecular weight is 286 g/mol. The molecule has 0 radical (unpaired) electrons. The lowest BCUT2D eigenvalue weighted by Crippen LogP contribution is -2.42. The summed E-state index contributed by atoms with van der Waals surface area (Å²) in [5, 5.41) is 36.6. The van der Waals surface area contributed by atoms with E-state index in [-0.39, 0.29) is 5.56 Å². The summed E-state index contributed by atoms with van der Waals surface area (Å²) >= 11 is 0. The molecule has 0 fully saturated rings. The number of hydrogen-bond donors (Lipinski definition) is 4. The molecular formula is C13H18O7. The first-order chi connectivity index (χ1) is 9.49. The number of methoxy groups -OCH3 is 1. The van der Waals surface area contributed by atoms with Crippen LogP contribution in [-0.4, -0.2) is 65.0 Å². The van der Waals surface area contributed by atoms with Crippen LogP contribution in [0.15, 0.2) is 24.3 Å². The number of rotatable bonds is 7. The maximum Gasteiger partial charge on any atom is 0.338 e. The largest absolute Gasteiger partial charge is 0.497 e. The van der Waals surface area contributed by atoms with Crippen molar-refractivity contribution in [2.45, 2.75) is 18.3 Å². The van der Waals surface area contributed by atoms with E-state index < -0.39 is 37.5 Å². The minimum absolute atomic E-state index is 0.259. The lowest BCUT2D eigenvalue weighted by atomic mass is 10.1. The lowest BCUT2D eigenvalue weighted by Gasteiger charge is -2.21. The van der Waals surface area contributed by atoms with Gasteiger partial charge >= 0.3 is 5.97 Å². The summed E-state index contributed by atoms with van der Waals surface area (Å²) in [6, 6.07) is 6.15. The molecule has 7 nitrogen and oxygen atoms in total. The van der Waals surface area contributed by atoms with Gasteiger partial charge in [-0.3, -0.25) is 0 Å². The SMILES string of the molecule is COc1ccc(C(=O)OCC(O)C(O)C(O)CO)cc1. The third kappa shape index (κ3) is 4.46. The van der Waals surface area contributed by atoms with Crippen molar-refractivity contribution in [2.24, 2.45) is 0 Å². The summed E-state index contributed by atoms with van der Waals surface area (Å²) in [6.45, 7) is -1.20. The van der Waals surface area contributed by atoms with Gasteiger partial charge in [0.05, 0.1) is 19.3 Å². The first-order valence-electron chi connectivity index (χ1n) is 5.95. The first kappa shape index (κ1) is 16.4. The van der Waals surface area contributed by atoms with E-state index in [0.29, 0.717) is 5.75 Å². The minimum atomic E-state index is -1.59. The highest BCUT2D eigenvalue weighted by atomic mass is 16.5. The molecule has 0 bridgehead atoms. The van der Waals surface area contributed by atoms with E-state index in [1.54, 1.807) is 12.1 Å². The van der Waals surface area contributed by atoms with E-state index in [1.807, 2.05) is 0 Å². The van der Waals surface area contributed by atoms with E-state index in [2.05, 4.69) is 0 Å². The number of hydrogen-bond acceptors (Lipinski definition) is 7. The molecule has 3 unspecified atom stereocenters. The molecule has 4 N–H and O–H groups in total. The number of aliphatic hydroxyl groups is 4. The highest BCUT2D eigenvalue weighted by Crippen LogP contribution is 2.12. The van der Waals surface area contributed by atoms with Crippen molar-refractivity contribution in [2.75, 3.05) is 20.3 Å². The summed E-state index contributed by atoms with van der Waals surface area (Å²) in [6.07, 6.45) is -4.58. The lowest BCUT2D eigenvalue weighted by molar-refractivity contribution is -0.0925. The number of esters is 1. The highest BCUT2D eigenvalue weighted by molar-refractivity contribution is 5.89. The third-order valence-corrected chi connectivity index (χ3v) is 2.69.